The molecule has 0 aliphatic heterocycles. The minimum absolute atomic E-state index is 0.0164. The number of nitrogens with zero attached hydrogens (tertiary/aromatic N) is 2. The van der Waals surface area contributed by atoms with Gasteiger partial charge in [-0.25, -0.2) is 9.97 Å². The van der Waals surface area contributed by atoms with Gasteiger partial charge >= 0.3 is 6.18 Å². The van der Waals surface area contributed by atoms with Crippen LogP contribution in [-0.4, -0.2) is 27.5 Å². The van der Waals surface area contributed by atoms with Crippen LogP contribution in [0.25, 0.3) is 10.9 Å². The Morgan fingerprint density at radius 2 is 1.59 bits per heavy atom. The van der Waals surface area contributed by atoms with Gasteiger partial charge in [-0.1, -0.05) is 42.1 Å². The van der Waals surface area contributed by atoms with Crippen LogP contribution in [0.2, 0.25) is 0 Å². The third-order valence-corrected chi connectivity index (χ3v) is 5.71. The molecule has 10 heteroatoms. The number of carbonyl (C=O) groups is 2. The fourth-order valence-electron chi connectivity index (χ4n) is 3.14. The Morgan fingerprint density at radius 1 is 0.853 bits per heavy atom. The van der Waals surface area contributed by atoms with Crippen LogP contribution in [0.4, 0.5) is 24.5 Å². The molecule has 2 amide bonds. The number of rotatable bonds is 6. The summed E-state index contributed by atoms with van der Waals surface area (Å²) in [6, 6.07) is 18.0. The van der Waals surface area contributed by atoms with Crippen molar-refractivity contribution in [2.45, 2.75) is 11.2 Å². The molecule has 0 unspecified atom stereocenters. The van der Waals surface area contributed by atoms with E-state index in [1.54, 1.807) is 12.1 Å². The van der Waals surface area contributed by atoms with Crippen LogP contribution in [0.5, 0.6) is 0 Å². The second-order valence-electron chi connectivity index (χ2n) is 7.15. The van der Waals surface area contributed by atoms with Crippen molar-refractivity contribution in [3.63, 3.8) is 0 Å². The molecule has 0 aliphatic carbocycles. The quantitative estimate of drug-likeness (QED) is 0.275. The average molecular weight is 482 g/mol. The van der Waals surface area contributed by atoms with Crippen LogP contribution in [0, 0.1) is 0 Å². The van der Waals surface area contributed by atoms with Crippen LogP contribution in [0.3, 0.4) is 0 Å². The molecule has 3 aromatic carbocycles. The van der Waals surface area contributed by atoms with E-state index in [2.05, 4.69) is 20.6 Å². The van der Waals surface area contributed by atoms with E-state index >= 15 is 0 Å². The number of thioether (sulfide) groups is 1. The highest BCUT2D eigenvalue weighted by Crippen LogP contribution is 2.31. The number of aromatic nitrogens is 2. The molecule has 2 N–H and O–H groups in total. The standard InChI is InChI=1S/C24H17F3N4O2S/c25-24(26,27)16-6-4-8-18(12-16)31-22(33)15-5-3-7-17(11-15)30-21(32)13-34-23-19-9-1-2-10-20(19)28-14-29-23/h1-12,14H,13H2,(H,30,32)(H,31,33). The summed E-state index contributed by atoms with van der Waals surface area (Å²) in [4.78, 5) is 33.4. The van der Waals surface area contributed by atoms with Crippen LogP contribution in [-0.2, 0) is 11.0 Å². The first-order valence-electron chi connectivity index (χ1n) is 10.0. The summed E-state index contributed by atoms with van der Waals surface area (Å²) in [5, 5.41) is 6.68. The highest BCUT2D eigenvalue weighted by Gasteiger charge is 2.30. The number of hydrogen-bond donors (Lipinski definition) is 2. The lowest BCUT2D eigenvalue weighted by molar-refractivity contribution is -0.137. The maximum Gasteiger partial charge on any atom is 0.416 e. The SMILES string of the molecule is O=C(CSc1ncnc2ccccc12)Nc1cccc(C(=O)Nc2cccc(C(F)(F)F)c2)c1. The number of hydrogen-bond acceptors (Lipinski definition) is 5. The number of benzene rings is 3. The Labute approximate surface area is 196 Å². The smallest absolute Gasteiger partial charge is 0.325 e. The number of nitrogens with one attached hydrogen (secondary N) is 2. The first kappa shape index (κ1) is 23.2. The molecule has 1 aromatic heterocycles. The fourth-order valence-corrected chi connectivity index (χ4v) is 3.93. The van der Waals surface area contributed by atoms with Crippen molar-refractivity contribution in [1.29, 1.82) is 0 Å². The van der Waals surface area contributed by atoms with Crippen LogP contribution in [0.1, 0.15) is 15.9 Å². The third-order valence-electron chi connectivity index (χ3n) is 4.70. The maximum atomic E-state index is 12.9. The largest absolute Gasteiger partial charge is 0.416 e. The van der Waals surface area contributed by atoms with E-state index in [0.29, 0.717) is 10.7 Å². The Kier molecular flexibility index (Phi) is 6.78. The summed E-state index contributed by atoms with van der Waals surface area (Å²) in [6.07, 6.45) is -3.07. The van der Waals surface area contributed by atoms with Gasteiger partial charge in [-0.3, -0.25) is 9.59 Å². The molecule has 0 saturated heterocycles. The highest BCUT2D eigenvalue weighted by molar-refractivity contribution is 8.00. The van der Waals surface area contributed by atoms with Crippen molar-refractivity contribution in [2.24, 2.45) is 0 Å². The molecule has 172 valence electrons. The lowest BCUT2D eigenvalue weighted by Crippen LogP contribution is -2.16. The van der Waals surface area contributed by atoms with Crippen molar-refractivity contribution in [3.05, 3.63) is 90.3 Å². The van der Waals surface area contributed by atoms with E-state index in [1.807, 2.05) is 24.3 Å². The Balaban J connectivity index is 1.39. The van der Waals surface area contributed by atoms with Gasteiger partial charge in [0, 0.05) is 22.3 Å². The first-order valence-corrected chi connectivity index (χ1v) is 11.0. The topological polar surface area (TPSA) is 84.0 Å². The lowest BCUT2D eigenvalue weighted by Gasteiger charge is -2.11. The summed E-state index contributed by atoms with van der Waals surface area (Å²) in [5.41, 5.74) is 0.502. The monoisotopic (exact) mass is 482 g/mol. The van der Waals surface area contributed by atoms with E-state index in [4.69, 9.17) is 0 Å². The molecule has 0 saturated carbocycles. The van der Waals surface area contributed by atoms with E-state index < -0.39 is 17.6 Å². The highest BCUT2D eigenvalue weighted by atomic mass is 32.2. The maximum absolute atomic E-state index is 12.9. The zero-order valence-electron chi connectivity index (χ0n) is 17.5. The predicted octanol–water partition coefficient (Wildman–Crippen LogP) is 5.63. The zero-order chi connectivity index (χ0) is 24.1. The van der Waals surface area contributed by atoms with Crippen LogP contribution >= 0.6 is 11.8 Å². The van der Waals surface area contributed by atoms with Gasteiger partial charge in [0.2, 0.25) is 5.91 Å². The molecule has 6 nitrogen and oxygen atoms in total. The van der Waals surface area contributed by atoms with Gasteiger partial charge in [0.1, 0.15) is 11.4 Å². The van der Waals surface area contributed by atoms with Gasteiger partial charge < -0.3 is 10.6 Å². The lowest BCUT2D eigenvalue weighted by atomic mass is 10.1. The molecule has 34 heavy (non-hydrogen) atoms. The van der Waals surface area contributed by atoms with Gasteiger partial charge in [-0.05, 0) is 42.5 Å². The average Bonchev–Trinajstić information content (AvgIpc) is 2.82. The molecule has 0 aliphatic rings. The predicted molar refractivity (Wildman–Crippen MR) is 125 cm³/mol. The summed E-state index contributed by atoms with van der Waals surface area (Å²) >= 11 is 1.26. The summed E-state index contributed by atoms with van der Waals surface area (Å²) < 4.78 is 38.7. The van der Waals surface area contributed by atoms with E-state index in [9.17, 15) is 22.8 Å². The molecule has 0 atom stereocenters. The minimum Gasteiger partial charge on any atom is -0.325 e. The Morgan fingerprint density at radius 3 is 2.38 bits per heavy atom. The van der Waals surface area contributed by atoms with Crippen molar-refractivity contribution in [3.8, 4) is 0 Å². The minimum atomic E-state index is -4.51. The summed E-state index contributed by atoms with van der Waals surface area (Å²) in [7, 11) is 0. The molecular weight excluding hydrogens is 465 g/mol. The van der Waals surface area contributed by atoms with Gasteiger partial charge in [0.25, 0.3) is 5.91 Å². The second kappa shape index (κ2) is 9.92. The van der Waals surface area contributed by atoms with Gasteiger partial charge in [-0.2, -0.15) is 13.2 Å². The third kappa shape index (κ3) is 5.70. The van der Waals surface area contributed by atoms with Crippen LogP contribution < -0.4 is 10.6 Å². The summed E-state index contributed by atoms with van der Waals surface area (Å²) in [6.45, 7) is 0. The Bertz CT molecular complexity index is 1360. The molecule has 0 bridgehead atoms. The van der Waals surface area contributed by atoms with Crippen molar-refractivity contribution < 1.29 is 22.8 Å². The molecule has 0 spiro atoms. The number of para-hydroxylation sites is 1. The van der Waals surface area contributed by atoms with E-state index in [1.165, 1.54) is 42.4 Å². The first-order chi connectivity index (χ1) is 16.3. The Hall–Kier alpha value is -3.92. The fraction of sp³-hybridized carbons (Fsp3) is 0.0833. The molecule has 4 aromatic rings. The molecule has 4 rings (SSSR count). The number of anilines is 2. The molecule has 0 radical (unpaired) electrons. The normalized spacial score (nSPS) is 11.3. The van der Waals surface area contributed by atoms with Gasteiger partial charge in [0.15, 0.2) is 0 Å². The molecular formula is C24H17F3N4O2S. The number of halogens is 3. The molecule has 1 heterocycles. The zero-order valence-corrected chi connectivity index (χ0v) is 18.3. The number of fused-ring (bicyclic) bond motifs is 1. The van der Waals surface area contributed by atoms with Crippen molar-refractivity contribution >= 4 is 45.9 Å². The van der Waals surface area contributed by atoms with Crippen LogP contribution in [0.15, 0.2) is 84.1 Å². The summed E-state index contributed by atoms with van der Waals surface area (Å²) in [5.74, 6) is -0.817. The van der Waals surface area contributed by atoms with Gasteiger partial charge in [-0.15, -0.1) is 0 Å². The molecule has 0 fully saturated rings. The van der Waals surface area contributed by atoms with E-state index in [-0.39, 0.29) is 22.9 Å². The number of amides is 2. The van der Waals surface area contributed by atoms with Crippen molar-refractivity contribution in [2.75, 3.05) is 16.4 Å². The second-order valence-corrected chi connectivity index (χ2v) is 8.11. The van der Waals surface area contributed by atoms with E-state index in [0.717, 1.165) is 23.0 Å². The van der Waals surface area contributed by atoms with Gasteiger partial charge in [0.05, 0.1) is 16.8 Å². The van der Waals surface area contributed by atoms with Crippen molar-refractivity contribution in [1.82, 2.24) is 9.97 Å². The number of carbonyl (C=O) groups excluding carboxylic acids is 2. The number of alkyl halides is 3.